The van der Waals surface area contributed by atoms with Gasteiger partial charge in [0.1, 0.15) is 35.9 Å². The van der Waals surface area contributed by atoms with Crippen molar-refractivity contribution in [2.24, 2.45) is 0 Å². The van der Waals surface area contributed by atoms with Crippen molar-refractivity contribution < 1.29 is 34.0 Å². The zero-order valence-corrected chi connectivity index (χ0v) is 24.6. The van der Waals surface area contributed by atoms with Crippen LogP contribution in [0.2, 0.25) is 0 Å². The van der Waals surface area contributed by atoms with Crippen molar-refractivity contribution >= 4 is 27.5 Å². The van der Waals surface area contributed by atoms with Gasteiger partial charge in [-0.2, -0.15) is 5.26 Å². The number of nitrogens with zero attached hydrogens (tertiary/aromatic N) is 5. The van der Waals surface area contributed by atoms with E-state index in [0.29, 0.717) is 51.8 Å². The highest BCUT2D eigenvalue weighted by Gasteiger charge is 2.52. The molecule has 7 atom stereocenters. The molecule has 1 saturated heterocycles. The summed E-state index contributed by atoms with van der Waals surface area (Å²) < 4.78 is 27.9. The van der Waals surface area contributed by atoms with Crippen molar-refractivity contribution in [2.45, 2.75) is 68.8 Å². The van der Waals surface area contributed by atoms with Gasteiger partial charge in [-0.1, -0.05) is 33.3 Å². The summed E-state index contributed by atoms with van der Waals surface area (Å²) in [4.78, 5) is 15.8. The molecule has 13 heteroatoms. The molecule has 5 rings (SSSR count). The Morgan fingerprint density at radius 1 is 1.29 bits per heavy atom. The van der Waals surface area contributed by atoms with Gasteiger partial charge in [-0.3, -0.25) is 4.79 Å². The van der Waals surface area contributed by atoms with Gasteiger partial charge in [0, 0.05) is 22.8 Å². The average molecular weight is 644 g/mol. The standard InChI is InChI=1S/C29H31BrFN5O6/c1-15-6-7-17(10-20(15)31)21-13-35(34-33-21)25-26(39)24(14-37)42-28(27(25)41-2)29(40)36(22-4-3-5-23(22)38)19-9-16(12-32)8-18(30)11-19/h6-11,13,22-28,37-39H,3-5,14H2,1-2H3/t22-,23-,24?,25?,26?,27?,28?/m1/s1. The summed E-state index contributed by atoms with van der Waals surface area (Å²) in [5, 5.41) is 50.1. The number of hydrogen-bond acceptors (Lipinski definition) is 9. The maximum Gasteiger partial charge on any atom is 0.259 e. The highest BCUT2D eigenvalue weighted by Crippen LogP contribution is 2.37. The van der Waals surface area contributed by atoms with E-state index in [2.05, 4.69) is 32.3 Å². The fraction of sp³-hybridized carbons (Fsp3) is 0.448. The number of benzene rings is 2. The second kappa shape index (κ2) is 12.5. The Labute approximate surface area is 250 Å². The van der Waals surface area contributed by atoms with Gasteiger partial charge >= 0.3 is 0 Å². The number of aliphatic hydroxyl groups excluding tert-OH is 3. The fourth-order valence-corrected chi connectivity index (χ4v) is 6.27. The minimum atomic E-state index is -1.35. The molecule has 0 bridgehead atoms. The van der Waals surface area contributed by atoms with Crippen molar-refractivity contribution in [1.82, 2.24) is 15.0 Å². The lowest BCUT2D eigenvalue weighted by Gasteiger charge is -2.45. The molecule has 0 radical (unpaired) electrons. The third-order valence-electron chi connectivity index (χ3n) is 7.97. The topological polar surface area (TPSA) is 154 Å². The molecular formula is C29H31BrFN5O6. The van der Waals surface area contributed by atoms with E-state index < -0.39 is 60.9 Å². The summed E-state index contributed by atoms with van der Waals surface area (Å²) in [5.74, 6) is -0.985. The number of nitriles is 1. The fourth-order valence-electron chi connectivity index (χ4n) is 5.79. The summed E-state index contributed by atoms with van der Waals surface area (Å²) in [6, 6.07) is 9.94. The number of aliphatic hydroxyl groups is 3. The van der Waals surface area contributed by atoms with Gasteiger partial charge in [0.2, 0.25) is 0 Å². The molecule has 2 fully saturated rings. The largest absolute Gasteiger partial charge is 0.394 e. The molecule has 3 N–H and O–H groups in total. The second-order valence-corrected chi connectivity index (χ2v) is 11.5. The first-order valence-corrected chi connectivity index (χ1v) is 14.3. The lowest BCUT2D eigenvalue weighted by molar-refractivity contribution is -0.211. The van der Waals surface area contributed by atoms with Crippen LogP contribution in [-0.4, -0.2) is 86.5 Å². The van der Waals surface area contributed by atoms with Crippen LogP contribution in [0.25, 0.3) is 11.3 Å². The third kappa shape index (κ3) is 5.70. The van der Waals surface area contributed by atoms with Crippen LogP contribution in [0.15, 0.2) is 47.1 Å². The zero-order chi connectivity index (χ0) is 30.1. The van der Waals surface area contributed by atoms with Crippen LogP contribution in [0.4, 0.5) is 10.1 Å². The summed E-state index contributed by atoms with van der Waals surface area (Å²) >= 11 is 3.40. The Morgan fingerprint density at radius 2 is 2.07 bits per heavy atom. The van der Waals surface area contributed by atoms with Crippen LogP contribution in [-0.2, 0) is 14.3 Å². The Kier molecular flexibility index (Phi) is 9.03. The van der Waals surface area contributed by atoms with Crippen LogP contribution in [0.5, 0.6) is 0 Å². The van der Waals surface area contributed by atoms with Crippen molar-refractivity contribution in [1.29, 1.82) is 5.26 Å². The van der Waals surface area contributed by atoms with Crippen LogP contribution in [0, 0.1) is 24.1 Å². The highest BCUT2D eigenvalue weighted by molar-refractivity contribution is 9.10. The molecule has 2 heterocycles. The van der Waals surface area contributed by atoms with Crippen LogP contribution < -0.4 is 4.90 Å². The van der Waals surface area contributed by atoms with Crippen LogP contribution in [0.3, 0.4) is 0 Å². The quantitative estimate of drug-likeness (QED) is 0.352. The molecule has 222 valence electrons. The Balaban J connectivity index is 1.55. The first-order chi connectivity index (χ1) is 20.2. The molecule has 1 aromatic heterocycles. The molecule has 5 unspecified atom stereocenters. The number of hydrogen-bond donors (Lipinski definition) is 3. The summed E-state index contributed by atoms with van der Waals surface area (Å²) in [5.41, 5.74) is 1.96. The Morgan fingerprint density at radius 3 is 2.71 bits per heavy atom. The number of amides is 1. The molecule has 3 aromatic rings. The normalized spacial score (nSPS) is 27.5. The first-order valence-electron chi connectivity index (χ1n) is 13.5. The molecule has 2 aliphatic rings. The first kappa shape index (κ1) is 30.2. The van der Waals surface area contributed by atoms with E-state index in [9.17, 15) is 29.8 Å². The van der Waals surface area contributed by atoms with E-state index in [0.717, 1.165) is 0 Å². The Bertz CT molecular complexity index is 1500. The van der Waals surface area contributed by atoms with E-state index in [1.807, 2.05) is 0 Å². The number of anilines is 1. The average Bonchev–Trinajstić information content (AvgIpc) is 3.63. The Hall–Kier alpha value is -3.25. The van der Waals surface area contributed by atoms with Crippen molar-refractivity contribution in [3.8, 4) is 17.3 Å². The molecular weight excluding hydrogens is 613 g/mol. The lowest BCUT2D eigenvalue weighted by atomic mass is 9.91. The van der Waals surface area contributed by atoms with Gasteiger partial charge in [0.15, 0.2) is 6.10 Å². The SMILES string of the molecule is COC1C(C(=O)N(c2cc(Br)cc(C#N)c2)[C@@H]2CCC[C@H]2O)OC(CO)C(O)C1n1cc(-c2ccc(C)c(F)c2)nn1. The van der Waals surface area contributed by atoms with Crippen LogP contribution >= 0.6 is 15.9 Å². The van der Waals surface area contributed by atoms with Gasteiger partial charge in [0.25, 0.3) is 5.91 Å². The second-order valence-electron chi connectivity index (χ2n) is 10.6. The number of halogens is 2. The molecule has 1 aliphatic heterocycles. The van der Waals surface area contributed by atoms with E-state index in [1.165, 1.54) is 29.0 Å². The number of carbonyl (C=O) groups is 1. The summed E-state index contributed by atoms with van der Waals surface area (Å²) in [7, 11) is 1.36. The van der Waals surface area contributed by atoms with E-state index in [-0.39, 0.29) is 0 Å². The van der Waals surface area contributed by atoms with Gasteiger partial charge in [-0.25, -0.2) is 9.07 Å². The van der Waals surface area contributed by atoms with E-state index in [1.54, 1.807) is 37.3 Å². The van der Waals surface area contributed by atoms with Crippen molar-refractivity contribution in [2.75, 3.05) is 18.6 Å². The number of ether oxygens (including phenoxy) is 2. The lowest BCUT2D eigenvalue weighted by Crippen LogP contribution is -2.62. The predicted octanol–water partition coefficient (Wildman–Crippen LogP) is 2.65. The number of rotatable bonds is 7. The van der Waals surface area contributed by atoms with E-state index in [4.69, 9.17) is 9.47 Å². The third-order valence-corrected chi connectivity index (χ3v) is 8.43. The zero-order valence-electron chi connectivity index (χ0n) is 23.0. The summed E-state index contributed by atoms with van der Waals surface area (Å²) in [6.07, 6.45) is -2.60. The summed E-state index contributed by atoms with van der Waals surface area (Å²) in [6.45, 7) is 1.04. The molecule has 1 amide bonds. The number of methoxy groups -OCH3 is 1. The van der Waals surface area contributed by atoms with E-state index >= 15 is 0 Å². The van der Waals surface area contributed by atoms with Gasteiger partial charge in [-0.15, -0.1) is 5.10 Å². The molecule has 42 heavy (non-hydrogen) atoms. The maximum absolute atomic E-state index is 14.4. The van der Waals surface area contributed by atoms with Crippen LogP contribution in [0.1, 0.15) is 36.4 Å². The molecule has 11 nitrogen and oxygen atoms in total. The molecule has 0 spiro atoms. The number of aryl methyl sites for hydroxylation is 1. The molecule has 2 aromatic carbocycles. The maximum atomic E-state index is 14.4. The predicted molar refractivity (Wildman–Crippen MR) is 152 cm³/mol. The van der Waals surface area contributed by atoms with Gasteiger partial charge in [-0.05, 0) is 56.0 Å². The highest BCUT2D eigenvalue weighted by atomic mass is 79.9. The van der Waals surface area contributed by atoms with Crippen molar-refractivity contribution in [3.63, 3.8) is 0 Å². The number of carbonyl (C=O) groups excluding carboxylic acids is 1. The smallest absolute Gasteiger partial charge is 0.259 e. The molecule has 1 aliphatic carbocycles. The monoisotopic (exact) mass is 643 g/mol. The minimum Gasteiger partial charge on any atom is -0.394 e. The van der Waals surface area contributed by atoms with Gasteiger partial charge in [0.05, 0.1) is 36.6 Å². The van der Waals surface area contributed by atoms with Crippen molar-refractivity contribution in [3.05, 3.63) is 64.0 Å². The van der Waals surface area contributed by atoms with Gasteiger partial charge < -0.3 is 29.7 Å². The molecule has 1 saturated carbocycles. The minimum absolute atomic E-state index is 0.307. The number of aromatic nitrogens is 3.